The lowest BCUT2D eigenvalue weighted by atomic mass is 10.1. The van der Waals surface area contributed by atoms with E-state index in [1.165, 1.54) is 5.56 Å². The summed E-state index contributed by atoms with van der Waals surface area (Å²) in [6.07, 6.45) is 0. The second-order valence-corrected chi connectivity index (χ2v) is 3.58. The fraction of sp³-hybridized carbons (Fsp3) is 0.500. The molecule has 0 aliphatic carbocycles. The van der Waals surface area contributed by atoms with Crippen molar-refractivity contribution in [2.24, 2.45) is 5.73 Å². The Balaban J connectivity index is 2.33. The molecule has 0 bridgehead atoms. The predicted molar refractivity (Wildman–Crippen MR) is 60.8 cm³/mol. The molecule has 0 saturated carbocycles. The zero-order chi connectivity index (χ0) is 11.1. The van der Waals surface area contributed by atoms with Crippen molar-refractivity contribution in [2.75, 3.05) is 26.9 Å². The van der Waals surface area contributed by atoms with Gasteiger partial charge < -0.3 is 15.2 Å². The van der Waals surface area contributed by atoms with Gasteiger partial charge in [0, 0.05) is 7.11 Å². The number of methoxy groups -OCH3 is 1. The third-order valence-electron chi connectivity index (χ3n) is 2.23. The summed E-state index contributed by atoms with van der Waals surface area (Å²) in [4.78, 5) is 0. The van der Waals surface area contributed by atoms with Crippen LogP contribution in [0.4, 0.5) is 0 Å². The minimum Gasteiger partial charge on any atom is -0.382 e. The maximum Gasteiger partial charge on any atom is 0.0701 e. The molecule has 15 heavy (non-hydrogen) atoms. The fourth-order valence-electron chi connectivity index (χ4n) is 1.26. The smallest absolute Gasteiger partial charge is 0.0701 e. The Hall–Kier alpha value is -0.900. The van der Waals surface area contributed by atoms with Crippen molar-refractivity contribution in [2.45, 2.75) is 13.0 Å². The third kappa shape index (κ3) is 4.42. The van der Waals surface area contributed by atoms with Crippen LogP contribution in [0.1, 0.15) is 17.2 Å². The topological polar surface area (TPSA) is 44.5 Å². The monoisotopic (exact) mass is 209 g/mol. The highest BCUT2D eigenvalue weighted by molar-refractivity contribution is 5.23. The summed E-state index contributed by atoms with van der Waals surface area (Å²) in [5, 5.41) is 0. The molecule has 1 atom stereocenters. The third-order valence-corrected chi connectivity index (χ3v) is 2.23. The first-order valence-electron chi connectivity index (χ1n) is 5.13. The molecule has 2 N–H and O–H groups in total. The van der Waals surface area contributed by atoms with Crippen LogP contribution in [0, 0.1) is 6.92 Å². The molecule has 1 aromatic rings. The van der Waals surface area contributed by atoms with Gasteiger partial charge in [0.25, 0.3) is 0 Å². The second kappa shape index (κ2) is 6.56. The molecule has 1 rings (SSSR count). The van der Waals surface area contributed by atoms with E-state index in [0.29, 0.717) is 19.8 Å². The van der Waals surface area contributed by atoms with E-state index in [1.54, 1.807) is 7.11 Å². The van der Waals surface area contributed by atoms with E-state index >= 15 is 0 Å². The van der Waals surface area contributed by atoms with Crippen molar-refractivity contribution in [3.05, 3.63) is 35.4 Å². The molecule has 0 aliphatic heterocycles. The molecule has 84 valence electrons. The minimum absolute atomic E-state index is 0.0533. The van der Waals surface area contributed by atoms with Crippen LogP contribution in [0.15, 0.2) is 24.3 Å². The number of rotatable bonds is 6. The second-order valence-electron chi connectivity index (χ2n) is 3.58. The van der Waals surface area contributed by atoms with Crippen LogP contribution >= 0.6 is 0 Å². The minimum atomic E-state index is -0.0533. The Morgan fingerprint density at radius 2 is 1.87 bits per heavy atom. The first-order chi connectivity index (χ1) is 7.24. The highest BCUT2D eigenvalue weighted by Gasteiger charge is 2.04. The molecule has 1 aromatic carbocycles. The van der Waals surface area contributed by atoms with E-state index in [2.05, 4.69) is 19.1 Å². The molecule has 0 fully saturated rings. The normalized spacial score (nSPS) is 12.7. The molecular weight excluding hydrogens is 190 g/mol. The summed E-state index contributed by atoms with van der Waals surface area (Å²) < 4.78 is 10.2. The largest absolute Gasteiger partial charge is 0.382 e. The molecule has 0 spiro atoms. The Bertz CT molecular complexity index is 271. The summed E-state index contributed by atoms with van der Waals surface area (Å²) in [5.41, 5.74) is 8.31. The van der Waals surface area contributed by atoms with Crippen molar-refractivity contribution in [1.82, 2.24) is 0 Å². The van der Waals surface area contributed by atoms with Gasteiger partial charge in [0.05, 0.1) is 25.9 Å². The average Bonchev–Trinajstić information content (AvgIpc) is 2.25. The van der Waals surface area contributed by atoms with Crippen molar-refractivity contribution in [1.29, 1.82) is 0 Å². The first-order valence-corrected chi connectivity index (χ1v) is 5.13. The first kappa shape index (κ1) is 12.2. The van der Waals surface area contributed by atoms with Crippen molar-refractivity contribution in [3.8, 4) is 0 Å². The lowest BCUT2D eigenvalue weighted by Gasteiger charge is -2.12. The standard InChI is InChI=1S/C12H19NO2/c1-10-3-5-11(6-4-10)12(13)9-15-8-7-14-2/h3-6,12H,7-9,13H2,1-2H3. The quantitative estimate of drug-likeness (QED) is 0.725. The number of benzene rings is 1. The van der Waals surface area contributed by atoms with Gasteiger partial charge in [0.1, 0.15) is 0 Å². The predicted octanol–water partition coefficient (Wildman–Crippen LogP) is 1.66. The van der Waals surface area contributed by atoms with Crippen molar-refractivity contribution in [3.63, 3.8) is 0 Å². The van der Waals surface area contributed by atoms with Gasteiger partial charge in [0.2, 0.25) is 0 Å². The van der Waals surface area contributed by atoms with Gasteiger partial charge in [0.15, 0.2) is 0 Å². The van der Waals surface area contributed by atoms with E-state index < -0.39 is 0 Å². The maximum absolute atomic E-state index is 5.96. The van der Waals surface area contributed by atoms with Gasteiger partial charge in [-0.05, 0) is 12.5 Å². The van der Waals surface area contributed by atoms with Crippen molar-refractivity contribution >= 4 is 0 Å². The Kier molecular flexibility index (Phi) is 5.32. The SMILES string of the molecule is COCCOCC(N)c1ccc(C)cc1. The number of ether oxygens (including phenoxy) is 2. The van der Waals surface area contributed by atoms with Gasteiger partial charge in [-0.1, -0.05) is 29.8 Å². The molecule has 0 aliphatic rings. The summed E-state index contributed by atoms with van der Waals surface area (Å²) in [6.45, 7) is 3.80. The molecule has 0 radical (unpaired) electrons. The molecule has 0 heterocycles. The van der Waals surface area contributed by atoms with Gasteiger partial charge in [-0.2, -0.15) is 0 Å². The molecule has 3 heteroatoms. The van der Waals surface area contributed by atoms with E-state index in [0.717, 1.165) is 5.56 Å². The van der Waals surface area contributed by atoms with Gasteiger partial charge in [-0.15, -0.1) is 0 Å². The zero-order valence-electron chi connectivity index (χ0n) is 9.40. The van der Waals surface area contributed by atoms with Crippen LogP contribution in [0.3, 0.4) is 0 Å². The van der Waals surface area contributed by atoms with E-state index in [-0.39, 0.29) is 6.04 Å². The number of hydrogen-bond acceptors (Lipinski definition) is 3. The van der Waals surface area contributed by atoms with E-state index in [4.69, 9.17) is 15.2 Å². The molecule has 0 saturated heterocycles. The van der Waals surface area contributed by atoms with E-state index in [9.17, 15) is 0 Å². The summed E-state index contributed by atoms with van der Waals surface area (Å²) in [6, 6.07) is 8.15. The lowest BCUT2D eigenvalue weighted by Crippen LogP contribution is -2.18. The van der Waals surface area contributed by atoms with Crippen LogP contribution in [0.2, 0.25) is 0 Å². The van der Waals surface area contributed by atoms with Crippen LogP contribution in [0.5, 0.6) is 0 Å². The van der Waals surface area contributed by atoms with Crippen LogP contribution < -0.4 is 5.73 Å². The van der Waals surface area contributed by atoms with Crippen LogP contribution in [0.25, 0.3) is 0 Å². The van der Waals surface area contributed by atoms with Gasteiger partial charge in [-0.25, -0.2) is 0 Å². The Morgan fingerprint density at radius 1 is 1.20 bits per heavy atom. The maximum atomic E-state index is 5.96. The molecule has 1 unspecified atom stereocenters. The number of hydrogen-bond donors (Lipinski definition) is 1. The highest BCUT2D eigenvalue weighted by atomic mass is 16.5. The van der Waals surface area contributed by atoms with Gasteiger partial charge >= 0.3 is 0 Å². The van der Waals surface area contributed by atoms with Crippen LogP contribution in [-0.4, -0.2) is 26.9 Å². The fourth-order valence-corrected chi connectivity index (χ4v) is 1.26. The molecular formula is C12H19NO2. The summed E-state index contributed by atoms with van der Waals surface area (Å²) in [5.74, 6) is 0. The molecule has 0 aromatic heterocycles. The summed E-state index contributed by atoms with van der Waals surface area (Å²) in [7, 11) is 1.66. The van der Waals surface area contributed by atoms with E-state index in [1.807, 2.05) is 12.1 Å². The van der Waals surface area contributed by atoms with Gasteiger partial charge in [-0.3, -0.25) is 0 Å². The molecule has 0 amide bonds. The highest BCUT2D eigenvalue weighted by Crippen LogP contribution is 2.11. The average molecular weight is 209 g/mol. The van der Waals surface area contributed by atoms with Crippen molar-refractivity contribution < 1.29 is 9.47 Å². The number of nitrogens with two attached hydrogens (primary N) is 1. The van der Waals surface area contributed by atoms with Crippen LogP contribution in [-0.2, 0) is 9.47 Å². The lowest BCUT2D eigenvalue weighted by molar-refractivity contribution is 0.0636. The number of aryl methyl sites for hydroxylation is 1. The zero-order valence-corrected chi connectivity index (χ0v) is 9.40. The molecule has 3 nitrogen and oxygen atoms in total. The Morgan fingerprint density at radius 3 is 2.47 bits per heavy atom. The Labute approximate surface area is 91.2 Å². The summed E-state index contributed by atoms with van der Waals surface area (Å²) >= 11 is 0.